The van der Waals surface area contributed by atoms with Crippen molar-refractivity contribution < 1.29 is 14.3 Å². The number of nitrogens with zero attached hydrogens (tertiary/aromatic N) is 1. The van der Waals surface area contributed by atoms with Crippen LogP contribution < -0.4 is 0 Å². The van der Waals surface area contributed by atoms with Crippen molar-refractivity contribution in [2.45, 2.75) is 25.7 Å². The largest absolute Gasteiger partial charge is 0.469 e. The first-order chi connectivity index (χ1) is 8.69. The molecular weight excluding hydrogens is 230 g/mol. The number of carbonyl (C=O) groups excluding carboxylic acids is 2. The lowest BCUT2D eigenvalue weighted by Crippen LogP contribution is -2.03. The summed E-state index contributed by atoms with van der Waals surface area (Å²) in [4.78, 5) is 22.7. The number of esters is 1. The van der Waals surface area contributed by atoms with E-state index in [9.17, 15) is 9.59 Å². The molecule has 0 bridgehead atoms. The number of hydrogen-bond donors (Lipinski definition) is 0. The second-order valence-electron chi connectivity index (χ2n) is 3.86. The van der Waals surface area contributed by atoms with E-state index in [1.54, 1.807) is 24.3 Å². The number of unbranched alkanes of at least 4 members (excludes halogenated alkanes) is 1. The van der Waals surface area contributed by atoms with Gasteiger partial charge in [-0.25, -0.2) is 0 Å². The first kappa shape index (κ1) is 13.9. The van der Waals surface area contributed by atoms with E-state index in [4.69, 9.17) is 5.26 Å². The molecule has 0 aliphatic carbocycles. The standard InChI is InChI=1S/C14H15NO3/c1-18-14(17)9-5-4-8-13(16)12-7-3-2-6-11(12)10-15/h2-3,6-7H,4-5,8-9H2,1H3. The highest BCUT2D eigenvalue weighted by Crippen LogP contribution is 2.12. The van der Waals surface area contributed by atoms with E-state index in [1.165, 1.54) is 7.11 Å². The first-order valence-electron chi connectivity index (χ1n) is 5.78. The summed E-state index contributed by atoms with van der Waals surface area (Å²) in [6.07, 6.45) is 1.90. The smallest absolute Gasteiger partial charge is 0.305 e. The molecule has 0 fully saturated rings. The third-order valence-corrected chi connectivity index (χ3v) is 2.61. The van der Waals surface area contributed by atoms with Crippen LogP contribution >= 0.6 is 0 Å². The maximum atomic E-state index is 11.9. The second kappa shape index (κ2) is 7.23. The number of rotatable bonds is 6. The summed E-state index contributed by atoms with van der Waals surface area (Å²) >= 11 is 0. The fourth-order valence-corrected chi connectivity index (χ4v) is 1.62. The molecule has 0 aliphatic heterocycles. The monoisotopic (exact) mass is 245 g/mol. The number of nitriles is 1. The Morgan fingerprint density at radius 3 is 2.56 bits per heavy atom. The minimum atomic E-state index is -0.264. The van der Waals surface area contributed by atoms with Gasteiger partial charge in [0, 0.05) is 18.4 Å². The Bertz CT molecular complexity index is 474. The summed E-state index contributed by atoms with van der Waals surface area (Å²) in [7, 11) is 1.34. The predicted molar refractivity (Wildman–Crippen MR) is 66.0 cm³/mol. The minimum absolute atomic E-state index is 0.0583. The molecule has 1 aromatic rings. The molecule has 94 valence electrons. The molecule has 18 heavy (non-hydrogen) atoms. The van der Waals surface area contributed by atoms with Crippen molar-refractivity contribution in [2.75, 3.05) is 7.11 Å². The molecular formula is C14H15NO3. The van der Waals surface area contributed by atoms with Crippen LogP contribution in [0.4, 0.5) is 0 Å². The fourth-order valence-electron chi connectivity index (χ4n) is 1.62. The zero-order chi connectivity index (χ0) is 13.4. The van der Waals surface area contributed by atoms with Gasteiger partial charge in [-0.1, -0.05) is 18.2 Å². The van der Waals surface area contributed by atoms with Crippen LogP contribution in [0.3, 0.4) is 0 Å². The van der Waals surface area contributed by atoms with Crippen LogP contribution in [0, 0.1) is 11.3 Å². The zero-order valence-electron chi connectivity index (χ0n) is 10.3. The third kappa shape index (κ3) is 4.02. The molecule has 0 saturated heterocycles. The Hall–Kier alpha value is -2.15. The van der Waals surface area contributed by atoms with Crippen molar-refractivity contribution in [3.05, 3.63) is 35.4 Å². The summed E-state index contributed by atoms with van der Waals surface area (Å²) in [6, 6.07) is 8.75. The molecule has 0 aliphatic rings. The lowest BCUT2D eigenvalue weighted by atomic mass is 10.0. The highest BCUT2D eigenvalue weighted by molar-refractivity contribution is 5.98. The molecule has 0 heterocycles. The number of methoxy groups -OCH3 is 1. The average Bonchev–Trinajstić information content (AvgIpc) is 2.42. The van der Waals surface area contributed by atoms with E-state index < -0.39 is 0 Å². The Balaban J connectivity index is 2.46. The number of hydrogen-bond acceptors (Lipinski definition) is 4. The van der Waals surface area contributed by atoms with Crippen molar-refractivity contribution in [1.82, 2.24) is 0 Å². The lowest BCUT2D eigenvalue weighted by molar-refractivity contribution is -0.140. The van der Waals surface area contributed by atoms with Crippen molar-refractivity contribution in [1.29, 1.82) is 5.26 Å². The maximum absolute atomic E-state index is 11.9. The van der Waals surface area contributed by atoms with Gasteiger partial charge in [0.25, 0.3) is 0 Å². The van der Waals surface area contributed by atoms with Crippen LogP contribution in [0.5, 0.6) is 0 Å². The summed E-state index contributed by atoms with van der Waals surface area (Å²) in [5, 5.41) is 8.88. The van der Waals surface area contributed by atoms with Crippen LogP contribution in [0.2, 0.25) is 0 Å². The topological polar surface area (TPSA) is 67.2 Å². The van der Waals surface area contributed by atoms with Gasteiger partial charge < -0.3 is 4.74 Å². The minimum Gasteiger partial charge on any atom is -0.469 e. The number of benzene rings is 1. The van der Waals surface area contributed by atoms with Gasteiger partial charge in [-0.3, -0.25) is 9.59 Å². The number of ketones is 1. The number of Topliss-reactive ketones (excluding diaryl/α,β-unsaturated/α-hetero) is 1. The number of ether oxygens (including phenoxy) is 1. The molecule has 4 heteroatoms. The number of carbonyl (C=O) groups is 2. The van der Waals surface area contributed by atoms with Gasteiger partial charge in [0.1, 0.15) is 0 Å². The second-order valence-corrected chi connectivity index (χ2v) is 3.86. The molecule has 0 N–H and O–H groups in total. The maximum Gasteiger partial charge on any atom is 0.305 e. The van der Waals surface area contributed by atoms with Crippen molar-refractivity contribution in [3.8, 4) is 6.07 Å². The molecule has 0 radical (unpaired) electrons. The molecule has 0 saturated carbocycles. The van der Waals surface area contributed by atoms with Gasteiger partial charge in [0.05, 0.1) is 18.7 Å². The Kier molecular flexibility index (Phi) is 5.59. The normalized spacial score (nSPS) is 9.56. The van der Waals surface area contributed by atoms with Crippen LogP contribution in [-0.2, 0) is 9.53 Å². The van der Waals surface area contributed by atoms with Crippen LogP contribution in [-0.4, -0.2) is 18.9 Å². The van der Waals surface area contributed by atoms with Gasteiger partial charge in [-0.15, -0.1) is 0 Å². The van der Waals surface area contributed by atoms with E-state index in [2.05, 4.69) is 4.74 Å². The van der Waals surface area contributed by atoms with Crippen molar-refractivity contribution >= 4 is 11.8 Å². The summed E-state index contributed by atoms with van der Waals surface area (Å²) in [6.45, 7) is 0. The summed E-state index contributed by atoms with van der Waals surface area (Å²) < 4.78 is 4.51. The van der Waals surface area contributed by atoms with Gasteiger partial charge in [-0.05, 0) is 18.9 Å². The highest BCUT2D eigenvalue weighted by Gasteiger charge is 2.10. The van der Waals surface area contributed by atoms with Crippen molar-refractivity contribution in [3.63, 3.8) is 0 Å². The van der Waals surface area contributed by atoms with Crippen molar-refractivity contribution in [2.24, 2.45) is 0 Å². The molecule has 4 nitrogen and oxygen atoms in total. The zero-order valence-corrected chi connectivity index (χ0v) is 10.3. The highest BCUT2D eigenvalue weighted by atomic mass is 16.5. The Morgan fingerprint density at radius 1 is 1.22 bits per heavy atom. The predicted octanol–water partition coefficient (Wildman–Crippen LogP) is 2.47. The molecule has 0 atom stereocenters. The van der Waals surface area contributed by atoms with E-state index in [0.29, 0.717) is 36.8 Å². The SMILES string of the molecule is COC(=O)CCCCC(=O)c1ccccc1C#N. The summed E-state index contributed by atoms with van der Waals surface area (Å²) in [5.41, 5.74) is 0.855. The van der Waals surface area contributed by atoms with Gasteiger partial charge in [-0.2, -0.15) is 5.26 Å². The van der Waals surface area contributed by atoms with E-state index >= 15 is 0 Å². The van der Waals surface area contributed by atoms with Gasteiger partial charge in [0.15, 0.2) is 5.78 Å². The van der Waals surface area contributed by atoms with Crippen LogP contribution in [0.25, 0.3) is 0 Å². The Labute approximate surface area is 106 Å². The van der Waals surface area contributed by atoms with Gasteiger partial charge in [0.2, 0.25) is 0 Å². The molecule has 1 rings (SSSR count). The van der Waals surface area contributed by atoms with E-state index in [0.717, 1.165) is 0 Å². The molecule has 0 spiro atoms. The lowest BCUT2D eigenvalue weighted by Gasteiger charge is -2.03. The fraction of sp³-hybridized carbons (Fsp3) is 0.357. The quantitative estimate of drug-likeness (QED) is 0.438. The van der Waals surface area contributed by atoms with Crippen LogP contribution in [0.1, 0.15) is 41.6 Å². The first-order valence-corrected chi connectivity index (χ1v) is 5.78. The van der Waals surface area contributed by atoms with Crippen LogP contribution in [0.15, 0.2) is 24.3 Å². The summed E-state index contributed by atoms with van der Waals surface area (Å²) in [5.74, 6) is -0.322. The van der Waals surface area contributed by atoms with Gasteiger partial charge >= 0.3 is 5.97 Å². The Morgan fingerprint density at radius 2 is 1.89 bits per heavy atom. The third-order valence-electron chi connectivity index (χ3n) is 2.61. The van der Waals surface area contributed by atoms with E-state index in [1.807, 2.05) is 6.07 Å². The van der Waals surface area contributed by atoms with E-state index in [-0.39, 0.29) is 11.8 Å². The molecule has 1 aromatic carbocycles. The molecule has 0 aromatic heterocycles. The average molecular weight is 245 g/mol. The molecule has 0 amide bonds. The molecule has 0 unspecified atom stereocenters.